The fraction of sp³-hybridized carbons (Fsp3) is 0.227. The van der Waals surface area contributed by atoms with Gasteiger partial charge in [0.05, 0.1) is 34.7 Å². The number of ether oxygens (including phenoxy) is 1. The van der Waals surface area contributed by atoms with E-state index >= 15 is 0 Å². The molecular formula is C22H21N5O4S2. The number of benzene rings is 2. The Kier molecular flexibility index (Phi) is 5.94. The number of carbonyl (C=O) groups is 1. The first-order chi connectivity index (χ1) is 16.0. The lowest BCUT2D eigenvalue weighted by Gasteiger charge is -2.26. The molecule has 1 amide bonds. The Balaban J connectivity index is 1.39. The molecule has 1 saturated heterocycles. The number of imidazole rings is 1. The molecule has 0 spiro atoms. The predicted octanol–water partition coefficient (Wildman–Crippen LogP) is 2.82. The third kappa shape index (κ3) is 4.40. The number of hydrogen-bond acceptors (Lipinski definition) is 7. The minimum Gasteiger partial charge on any atom is -0.379 e. The van der Waals surface area contributed by atoms with Gasteiger partial charge in [-0.1, -0.05) is 18.2 Å². The van der Waals surface area contributed by atoms with Gasteiger partial charge in [-0.25, -0.2) is 18.4 Å². The lowest BCUT2D eigenvalue weighted by molar-refractivity contribution is -0.116. The number of para-hydroxylation sites is 2. The zero-order chi connectivity index (χ0) is 22.8. The molecular weight excluding hydrogens is 462 g/mol. The van der Waals surface area contributed by atoms with Crippen molar-refractivity contribution in [1.82, 2.24) is 18.8 Å². The highest BCUT2D eigenvalue weighted by atomic mass is 32.2. The predicted molar refractivity (Wildman–Crippen MR) is 125 cm³/mol. The van der Waals surface area contributed by atoms with Crippen molar-refractivity contribution in [3.05, 3.63) is 59.4 Å². The summed E-state index contributed by atoms with van der Waals surface area (Å²) < 4.78 is 34.3. The van der Waals surface area contributed by atoms with Crippen molar-refractivity contribution in [2.45, 2.75) is 11.4 Å². The van der Waals surface area contributed by atoms with Gasteiger partial charge >= 0.3 is 0 Å². The first kappa shape index (κ1) is 21.7. The number of aromatic nitrogens is 3. The molecule has 9 nitrogen and oxygen atoms in total. The van der Waals surface area contributed by atoms with Gasteiger partial charge in [-0.05, 0) is 30.3 Å². The normalized spacial score (nSPS) is 15.0. The van der Waals surface area contributed by atoms with Crippen LogP contribution in [0.5, 0.6) is 0 Å². The maximum Gasteiger partial charge on any atom is 0.244 e. The number of nitrogens with one attached hydrogen (secondary N) is 1. The second kappa shape index (κ2) is 9.02. The van der Waals surface area contributed by atoms with Crippen LogP contribution in [0.3, 0.4) is 0 Å². The molecule has 0 atom stereocenters. The van der Waals surface area contributed by atoms with Gasteiger partial charge in [0.2, 0.25) is 15.9 Å². The maximum absolute atomic E-state index is 13.0. The molecule has 0 saturated carbocycles. The van der Waals surface area contributed by atoms with Crippen molar-refractivity contribution < 1.29 is 17.9 Å². The monoisotopic (exact) mass is 483 g/mol. The third-order valence-corrected chi connectivity index (χ3v) is 7.82. The Morgan fingerprint density at radius 2 is 1.94 bits per heavy atom. The average molecular weight is 484 g/mol. The number of hydrogen-bond donors (Lipinski definition) is 1. The van der Waals surface area contributed by atoms with Gasteiger partial charge in [0.25, 0.3) is 0 Å². The summed E-state index contributed by atoms with van der Waals surface area (Å²) in [6.45, 7) is 1.37. The summed E-state index contributed by atoms with van der Waals surface area (Å²) in [5, 5.41) is 4.70. The first-order valence-electron chi connectivity index (χ1n) is 10.3. The van der Waals surface area contributed by atoms with Crippen LogP contribution in [-0.4, -0.2) is 59.5 Å². The molecule has 4 aromatic rings. The quantitative estimate of drug-likeness (QED) is 0.452. The molecule has 2 aromatic carbocycles. The number of sulfonamides is 1. The average Bonchev–Trinajstić information content (AvgIpc) is 3.48. The van der Waals surface area contributed by atoms with Crippen LogP contribution >= 0.6 is 11.3 Å². The van der Waals surface area contributed by atoms with Gasteiger partial charge in [0.15, 0.2) is 5.82 Å². The zero-order valence-corrected chi connectivity index (χ0v) is 19.2. The lowest BCUT2D eigenvalue weighted by atomic mass is 10.3. The number of rotatable bonds is 6. The topological polar surface area (TPSA) is 106 Å². The van der Waals surface area contributed by atoms with Crippen molar-refractivity contribution in [2.75, 3.05) is 31.6 Å². The second-order valence-corrected chi connectivity index (χ2v) is 10.1. The maximum atomic E-state index is 13.0. The van der Waals surface area contributed by atoms with Crippen molar-refractivity contribution in [2.24, 2.45) is 0 Å². The van der Waals surface area contributed by atoms with E-state index in [9.17, 15) is 13.2 Å². The van der Waals surface area contributed by atoms with Crippen LogP contribution < -0.4 is 5.32 Å². The fourth-order valence-electron chi connectivity index (χ4n) is 3.77. The van der Waals surface area contributed by atoms with Crippen LogP contribution in [0.25, 0.3) is 22.6 Å². The number of amides is 1. The van der Waals surface area contributed by atoms with Gasteiger partial charge in [-0.3, -0.25) is 4.79 Å². The van der Waals surface area contributed by atoms with Crippen LogP contribution in [-0.2, 0) is 26.1 Å². The molecule has 5 rings (SSSR count). The highest BCUT2D eigenvalue weighted by molar-refractivity contribution is 7.89. The van der Waals surface area contributed by atoms with E-state index in [1.807, 2.05) is 34.2 Å². The van der Waals surface area contributed by atoms with E-state index in [1.54, 1.807) is 17.6 Å². The van der Waals surface area contributed by atoms with E-state index < -0.39 is 10.0 Å². The molecule has 0 radical (unpaired) electrons. The van der Waals surface area contributed by atoms with E-state index in [0.717, 1.165) is 11.0 Å². The molecule has 170 valence electrons. The summed E-state index contributed by atoms with van der Waals surface area (Å²) in [6, 6.07) is 13.9. The molecule has 0 bridgehead atoms. The molecule has 0 aliphatic carbocycles. The summed E-state index contributed by atoms with van der Waals surface area (Å²) in [5.41, 5.74) is 4.42. The minimum absolute atomic E-state index is 0.00775. The van der Waals surface area contributed by atoms with Crippen LogP contribution in [0.1, 0.15) is 0 Å². The number of carbonyl (C=O) groups excluding carboxylic acids is 1. The SMILES string of the molecule is O=C(Cn1c(-c2cscn2)nc2ccccc21)Nc1cccc(S(=O)(=O)N2CCOCC2)c1. The number of thiazole rings is 1. The largest absolute Gasteiger partial charge is 0.379 e. The standard InChI is InChI=1S/C22H21N5O4S2/c28-21(13-27-20-7-2-1-6-18(20)25-22(27)19-14-32-15-23-19)24-16-4-3-5-17(12-16)33(29,30)26-8-10-31-11-9-26/h1-7,12,14-15H,8-11,13H2,(H,24,28). The lowest BCUT2D eigenvalue weighted by Crippen LogP contribution is -2.40. The van der Waals surface area contributed by atoms with Crippen LogP contribution in [0.2, 0.25) is 0 Å². The number of nitrogens with zero attached hydrogens (tertiary/aromatic N) is 4. The van der Waals surface area contributed by atoms with Crippen LogP contribution in [0.15, 0.2) is 64.3 Å². The molecule has 1 aliphatic rings. The first-order valence-corrected chi connectivity index (χ1v) is 12.7. The Bertz CT molecular complexity index is 1390. The van der Waals surface area contributed by atoms with Crippen LogP contribution in [0.4, 0.5) is 5.69 Å². The van der Waals surface area contributed by atoms with Gasteiger partial charge in [0, 0.05) is 24.2 Å². The van der Waals surface area contributed by atoms with Crippen molar-refractivity contribution >= 4 is 44.0 Å². The van der Waals surface area contributed by atoms with E-state index in [0.29, 0.717) is 43.5 Å². The van der Waals surface area contributed by atoms with Crippen LogP contribution in [0, 0.1) is 0 Å². The zero-order valence-electron chi connectivity index (χ0n) is 17.5. The summed E-state index contributed by atoms with van der Waals surface area (Å²) in [6.07, 6.45) is 0. The molecule has 11 heteroatoms. The number of anilines is 1. The second-order valence-electron chi connectivity index (χ2n) is 7.48. The van der Waals surface area contributed by atoms with Crippen molar-refractivity contribution in [3.63, 3.8) is 0 Å². The Hall–Kier alpha value is -3.12. The third-order valence-electron chi connectivity index (χ3n) is 5.34. The van der Waals surface area contributed by atoms with Gasteiger partial charge in [-0.2, -0.15) is 4.31 Å². The highest BCUT2D eigenvalue weighted by Crippen LogP contribution is 2.25. The fourth-order valence-corrected chi connectivity index (χ4v) is 5.75. The Morgan fingerprint density at radius 3 is 2.73 bits per heavy atom. The molecule has 1 N–H and O–H groups in total. The van der Waals surface area contributed by atoms with Crippen molar-refractivity contribution in [1.29, 1.82) is 0 Å². The van der Waals surface area contributed by atoms with Gasteiger partial charge in [0.1, 0.15) is 12.2 Å². The summed E-state index contributed by atoms with van der Waals surface area (Å²) >= 11 is 1.46. The Labute approximate surface area is 194 Å². The number of fused-ring (bicyclic) bond motifs is 1. The summed E-state index contributed by atoms with van der Waals surface area (Å²) in [5.74, 6) is 0.312. The summed E-state index contributed by atoms with van der Waals surface area (Å²) in [4.78, 5) is 22.1. The number of morpholine rings is 1. The molecule has 3 heterocycles. The summed E-state index contributed by atoms with van der Waals surface area (Å²) in [7, 11) is -3.66. The highest BCUT2D eigenvalue weighted by Gasteiger charge is 2.26. The van der Waals surface area contributed by atoms with Gasteiger partial charge < -0.3 is 14.6 Å². The molecule has 1 fully saturated rings. The van der Waals surface area contributed by atoms with E-state index in [2.05, 4.69) is 15.3 Å². The minimum atomic E-state index is -3.66. The van der Waals surface area contributed by atoms with Crippen molar-refractivity contribution in [3.8, 4) is 11.5 Å². The smallest absolute Gasteiger partial charge is 0.244 e. The molecule has 1 aliphatic heterocycles. The molecule has 0 unspecified atom stereocenters. The van der Waals surface area contributed by atoms with Gasteiger partial charge in [-0.15, -0.1) is 11.3 Å². The van der Waals surface area contributed by atoms with E-state index in [-0.39, 0.29) is 17.3 Å². The molecule has 33 heavy (non-hydrogen) atoms. The Morgan fingerprint density at radius 1 is 1.12 bits per heavy atom. The molecule has 2 aromatic heterocycles. The van der Waals surface area contributed by atoms with E-state index in [1.165, 1.54) is 27.8 Å². The van der Waals surface area contributed by atoms with E-state index in [4.69, 9.17) is 4.74 Å².